The van der Waals surface area contributed by atoms with Crippen molar-refractivity contribution >= 4 is 0 Å². The Morgan fingerprint density at radius 3 is 2.42 bits per heavy atom. The van der Waals surface area contributed by atoms with Crippen LogP contribution in [0.5, 0.6) is 5.75 Å². The summed E-state index contributed by atoms with van der Waals surface area (Å²) in [6.45, 7) is 1.08. The van der Waals surface area contributed by atoms with Crippen LogP contribution >= 0.6 is 0 Å². The lowest BCUT2D eigenvalue weighted by Gasteiger charge is -2.26. The molecule has 0 bridgehead atoms. The summed E-state index contributed by atoms with van der Waals surface area (Å²) in [5, 5.41) is 0. The van der Waals surface area contributed by atoms with Crippen LogP contribution in [-0.2, 0) is 0 Å². The third kappa shape index (κ3) is 3.84. The molecule has 0 spiro atoms. The SMILES string of the molecule is COc1ccc(C(CN(C)C)C2=CCCCC2)cc1. The van der Waals surface area contributed by atoms with Gasteiger partial charge in [-0.15, -0.1) is 0 Å². The van der Waals surface area contributed by atoms with Gasteiger partial charge in [0.15, 0.2) is 0 Å². The molecule has 1 atom stereocenters. The van der Waals surface area contributed by atoms with E-state index in [9.17, 15) is 0 Å². The highest BCUT2D eigenvalue weighted by molar-refractivity contribution is 5.35. The zero-order chi connectivity index (χ0) is 13.7. The van der Waals surface area contributed by atoms with Crippen LogP contribution in [0.4, 0.5) is 0 Å². The predicted octanol–water partition coefficient (Wildman–Crippen LogP) is 3.84. The average Bonchev–Trinajstić information content (AvgIpc) is 2.46. The predicted molar refractivity (Wildman–Crippen MR) is 80.8 cm³/mol. The molecule has 19 heavy (non-hydrogen) atoms. The van der Waals surface area contributed by atoms with E-state index in [0.29, 0.717) is 5.92 Å². The Bertz CT molecular complexity index is 419. The average molecular weight is 259 g/mol. The molecule has 2 heteroatoms. The lowest BCUT2D eigenvalue weighted by atomic mass is 9.84. The van der Waals surface area contributed by atoms with E-state index in [1.54, 1.807) is 12.7 Å². The van der Waals surface area contributed by atoms with Crippen LogP contribution in [0.3, 0.4) is 0 Å². The number of likely N-dealkylation sites (N-methyl/N-ethyl adjacent to an activating group) is 1. The molecule has 0 N–H and O–H groups in total. The molecular weight excluding hydrogens is 234 g/mol. The Hall–Kier alpha value is -1.28. The summed E-state index contributed by atoms with van der Waals surface area (Å²) in [6, 6.07) is 8.56. The maximum atomic E-state index is 5.25. The quantitative estimate of drug-likeness (QED) is 0.745. The molecule has 0 saturated carbocycles. The van der Waals surface area contributed by atoms with Crippen LogP contribution in [-0.4, -0.2) is 32.6 Å². The summed E-state index contributed by atoms with van der Waals surface area (Å²) in [6.07, 6.45) is 7.65. The molecule has 0 amide bonds. The van der Waals surface area contributed by atoms with Gasteiger partial charge >= 0.3 is 0 Å². The fourth-order valence-corrected chi connectivity index (χ4v) is 2.82. The van der Waals surface area contributed by atoms with Crippen molar-refractivity contribution in [3.05, 3.63) is 41.5 Å². The maximum Gasteiger partial charge on any atom is 0.118 e. The van der Waals surface area contributed by atoms with Gasteiger partial charge in [0.1, 0.15) is 5.75 Å². The number of benzene rings is 1. The Morgan fingerprint density at radius 2 is 1.89 bits per heavy atom. The van der Waals surface area contributed by atoms with E-state index >= 15 is 0 Å². The number of ether oxygens (including phenoxy) is 1. The van der Waals surface area contributed by atoms with Gasteiger partial charge in [-0.1, -0.05) is 23.8 Å². The van der Waals surface area contributed by atoms with Crippen LogP contribution in [0.2, 0.25) is 0 Å². The minimum atomic E-state index is 0.529. The van der Waals surface area contributed by atoms with Crippen LogP contribution in [0, 0.1) is 0 Å². The van der Waals surface area contributed by atoms with Gasteiger partial charge in [0.25, 0.3) is 0 Å². The number of nitrogens with zero attached hydrogens (tertiary/aromatic N) is 1. The zero-order valence-corrected chi connectivity index (χ0v) is 12.4. The Labute approximate surface area is 117 Å². The van der Waals surface area contributed by atoms with Crippen molar-refractivity contribution in [2.75, 3.05) is 27.7 Å². The van der Waals surface area contributed by atoms with Gasteiger partial charge in [-0.3, -0.25) is 0 Å². The lowest BCUT2D eigenvalue weighted by molar-refractivity contribution is 0.383. The van der Waals surface area contributed by atoms with Gasteiger partial charge < -0.3 is 9.64 Å². The van der Waals surface area contributed by atoms with E-state index in [4.69, 9.17) is 4.74 Å². The molecule has 2 nitrogen and oxygen atoms in total. The molecule has 1 aromatic carbocycles. The molecule has 0 heterocycles. The first kappa shape index (κ1) is 14.1. The normalized spacial score (nSPS) is 17.2. The molecular formula is C17H25NO. The first-order valence-electron chi connectivity index (χ1n) is 7.18. The second-order valence-electron chi connectivity index (χ2n) is 5.61. The van der Waals surface area contributed by atoms with E-state index in [1.807, 2.05) is 0 Å². The second-order valence-corrected chi connectivity index (χ2v) is 5.61. The summed E-state index contributed by atoms with van der Waals surface area (Å²) in [7, 11) is 6.02. The first-order valence-corrected chi connectivity index (χ1v) is 7.18. The summed E-state index contributed by atoms with van der Waals surface area (Å²) in [5.41, 5.74) is 3.02. The third-order valence-corrected chi connectivity index (χ3v) is 3.84. The highest BCUT2D eigenvalue weighted by atomic mass is 16.5. The van der Waals surface area contributed by atoms with E-state index in [-0.39, 0.29) is 0 Å². The number of hydrogen-bond acceptors (Lipinski definition) is 2. The van der Waals surface area contributed by atoms with Crippen LogP contribution in [0.15, 0.2) is 35.9 Å². The van der Waals surface area contributed by atoms with E-state index in [0.717, 1.165) is 12.3 Å². The van der Waals surface area contributed by atoms with Gasteiger partial charge in [-0.05, 0) is 57.5 Å². The minimum absolute atomic E-state index is 0.529. The van der Waals surface area contributed by atoms with Crippen molar-refractivity contribution in [1.29, 1.82) is 0 Å². The van der Waals surface area contributed by atoms with Crippen molar-refractivity contribution < 1.29 is 4.74 Å². The van der Waals surface area contributed by atoms with Crippen LogP contribution in [0.1, 0.15) is 37.2 Å². The van der Waals surface area contributed by atoms with Crippen molar-refractivity contribution in [3.8, 4) is 5.75 Å². The van der Waals surface area contributed by atoms with Crippen LogP contribution < -0.4 is 4.74 Å². The molecule has 1 aliphatic carbocycles. The van der Waals surface area contributed by atoms with Crippen LogP contribution in [0.25, 0.3) is 0 Å². The third-order valence-electron chi connectivity index (χ3n) is 3.84. The highest BCUT2D eigenvalue weighted by Gasteiger charge is 2.19. The Balaban J connectivity index is 2.22. The fourth-order valence-electron chi connectivity index (χ4n) is 2.82. The summed E-state index contributed by atoms with van der Waals surface area (Å²) >= 11 is 0. The fraction of sp³-hybridized carbons (Fsp3) is 0.529. The maximum absolute atomic E-state index is 5.25. The molecule has 0 aliphatic heterocycles. The molecule has 0 saturated heterocycles. The number of allylic oxidation sites excluding steroid dienone is 1. The molecule has 0 aromatic heterocycles. The molecule has 104 valence electrons. The van der Waals surface area contributed by atoms with Gasteiger partial charge in [-0.2, -0.15) is 0 Å². The topological polar surface area (TPSA) is 12.5 Å². The minimum Gasteiger partial charge on any atom is -0.497 e. The monoisotopic (exact) mass is 259 g/mol. The second kappa shape index (κ2) is 6.76. The molecule has 1 unspecified atom stereocenters. The lowest BCUT2D eigenvalue weighted by Crippen LogP contribution is -2.22. The Kier molecular flexibility index (Phi) is 5.03. The summed E-state index contributed by atoms with van der Waals surface area (Å²) in [5.74, 6) is 1.46. The summed E-state index contributed by atoms with van der Waals surface area (Å²) in [4.78, 5) is 2.28. The summed E-state index contributed by atoms with van der Waals surface area (Å²) < 4.78 is 5.25. The molecule has 1 aromatic rings. The van der Waals surface area contributed by atoms with Crippen molar-refractivity contribution in [1.82, 2.24) is 4.90 Å². The number of hydrogen-bond donors (Lipinski definition) is 0. The van der Waals surface area contributed by atoms with Gasteiger partial charge in [-0.25, -0.2) is 0 Å². The standard InChI is InChI=1S/C17H25NO/c1-18(2)13-17(14-7-5-4-6-8-14)15-9-11-16(19-3)12-10-15/h7,9-12,17H,4-6,8,13H2,1-3H3. The molecule has 2 rings (SSSR count). The largest absolute Gasteiger partial charge is 0.497 e. The van der Waals surface area contributed by atoms with Gasteiger partial charge in [0.05, 0.1) is 7.11 Å². The van der Waals surface area contributed by atoms with Crippen molar-refractivity contribution in [3.63, 3.8) is 0 Å². The molecule has 0 radical (unpaired) electrons. The van der Waals surface area contributed by atoms with Gasteiger partial charge in [0.2, 0.25) is 0 Å². The smallest absolute Gasteiger partial charge is 0.118 e. The first-order chi connectivity index (χ1) is 9.20. The van der Waals surface area contributed by atoms with E-state index in [1.165, 1.54) is 31.2 Å². The van der Waals surface area contributed by atoms with Gasteiger partial charge in [0, 0.05) is 12.5 Å². The van der Waals surface area contributed by atoms with Crippen molar-refractivity contribution in [2.45, 2.75) is 31.6 Å². The Morgan fingerprint density at radius 1 is 1.16 bits per heavy atom. The zero-order valence-electron chi connectivity index (χ0n) is 12.4. The highest BCUT2D eigenvalue weighted by Crippen LogP contribution is 2.32. The number of rotatable bonds is 5. The van der Waals surface area contributed by atoms with Crippen molar-refractivity contribution in [2.24, 2.45) is 0 Å². The molecule has 1 aliphatic rings. The number of methoxy groups -OCH3 is 1. The van der Waals surface area contributed by atoms with E-state index < -0.39 is 0 Å². The van der Waals surface area contributed by atoms with E-state index in [2.05, 4.69) is 49.3 Å². The molecule has 0 fully saturated rings.